The lowest BCUT2D eigenvalue weighted by atomic mass is 10.2. The number of unbranched alkanes of at least 4 members (excludes halogenated alkanes) is 1. The third kappa shape index (κ3) is 6.54. The van der Waals surface area contributed by atoms with Crippen molar-refractivity contribution < 1.29 is 0 Å². The molecule has 0 N–H and O–H groups in total. The van der Waals surface area contributed by atoms with Gasteiger partial charge in [0.05, 0.1) is 5.03 Å². The zero-order chi connectivity index (χ0) is 13.4. The van der Waals surface area contributed by atoms with Crippen LogP contribution in [0.1, 0.15) is 40.5 Å². The van der Waals surface area contributed by atoms with E-state index in [1.165, 1.54) is 18.4 Å². The van der Waals surface area contributed by atoms with Gasteiger partial charge in [-0.2, -0.15) is 0 Å². The van der Waals surface area contributed by atoms with Crippen molar-refractivity contribution >= 4 is 23.4 Å². The van der Waals surface area contributed by atoms with Crippen molar-refractivity contribution in [3.8, 4) is 0 Å². The Morgan fingerprint density at radius 1 is 1.41 bits per heavy atom. The minimum absolute atomic E-state index is 0.559. The van der Waals surface area contributed by atoms with E-state index in [0.717, 1.165) is 23.0 Å². The summed E-state index contributed by atoms with van der Waals surface area (Å²) in [7, 11) is 0. The Morgan fingerprint density at radius 2 is 2.00 bits per heavy atom. The van der Waals surface area contributed by atoms with Crippen LogP contribution in [0.5, 0.6) is 0 Å². The van der Waals surface area contributed by atoms with Gasteiger partial charge in [-0.25, -0.2) is 0 Å². The highest BCUT2D eigenvalue weighted by molar-refractivity contribution is 8.02. The third-order valence-corrected chi connectivity index (χ3v) is 4.20. The Balaban J connectivity index is 4.58. The van der Waals surface area contributed by atoms with Crippen LogP contribution in [0, 0.1) is 0 Å². The molecule has 17 heavy (non-hydrogen) atoms. The lowest BCUT2D eigenvalue weighted by molar-refractivity contribution is 0.237. The van der Waals surface area contributed by atoms with Gasteiger partial charge in [0.25, 0.3) is 0 Å². The molecule has 0 saturated heterocycles. The van der Waals surface area contributed by atoms with Gasteiger partial charge in [0.2, 0.25) is 0 Å². The molecule has 0 aliphatic carbocycles. The fraction of sp³-hybridized carbons (Fsp3) is 0.714. The first kappa shape index (κ1) is 17.1. The maximum absolute atomic E-state index is 6.30. The van der Waals surface area contributed by atoms with Gasteiger partial charge in [-0.1, -0.05) is 31.5 Å². The average Bonchev–Trinajstić information content (AvgIpc) is 2.31. The number of rotatable bonds is 8. The summed E-state index contributed by atoms with van der Waals surface area (Å²) in [6.45, 7) is 14.8. The molecule has 0 spiro atoms. The van der Waals surface area contributed by atoms with E-state index in [0.29, 0.717) is 6.04 Å². The maximum Gasteiger partial charge on any atom is 0.0537 e. The summed E-state index contributed by atoms with van der Waals surface area (Å²) in [5.41, 5.74) is 1.22. The van der Waals surface area contributed by atoms with Crippen molar-refractivity contribution in [1.29, 1.82) is 0 Å². The van der Waals surface area contributed by atoms with E-state index < -0.39 is 0 Å². The molecule has 100 valence electrons. The van der Waals surface area contributed by atoms with Crippen LogP contribution >= 0.6 is 23.4 Å². The minimum Gasteiger partial charge on any atom is -0.297 e. The molecule has 0 aromatic heterocycles. The predicted molar refractivity (Wildman–Crippen MR) is 82.8 cm³/mol. The average molecular weight is 276 g/mol. The normalized spacial score (nSPS) is 13.2. The van der Waals surface area contributed by atoms with Gasteiger partial charge in [0.1, 0.15) is 0 Å². The number of thioether (sulfide) groups is 1. The van der Waals surface area contributed by atoms with E-state index in [2.05, 4.69) is 39.2 Å². The van der Waals surface area contributed by atoms with Crippen LogP contribution in [0.3, 0.4) is 0 Å². The first-order valence-electron chi connectivity index (χ1n) is 6.26. The molecule has 0 amide bonds. The van der Waals surface area contributed by atoms with Crippen molar-refractivity contribution in [3.63, 3.8) is 0 Å². The summed E-state index contributed by atoms with van der Waals surface area (Å²) in [5, 5.41) is 0.833. The molecule has 3 heteroatoms. The number of halogens is 1. The number of allylic oxidation sites excluding steroid dienone is 1. The molecular weight excluding hydrogens is 250 g/mol. The van der Waals surface area contributed by atoms with E-state index in [-0.39, 0.29) is 0 Å². The van der Waals surface area contributed by atoms with Gasteiger partial charge < -0.3 is 0 Å². The smallest absolute Gasteiger partial charge is 0.0537 e. The van der Waals surface area contributed by atoms with Gasteiger partial charge >= 0.3 is 0 Å². The first-order chi connectivity index (χ1) is 7.93. The molecule has 0 heterocycles. The molecular formula is C14H26ClNS. The molecule has 0 aromatic rings. The Kier molecular flexibility index (Phi) is 9.11. The molecule has 0 aromatic carbocycles. The third-order valence-electron chi connectivity index (χ3n) is 2.84. The first-order valence-corrected chi connectivity index (χ1v) is 7.86. The fourth-order valence-corrected chi connectivity index (χ4v) is 2.23. The largest absolute Gasteiger partial charge is 0.297 e. The van der Waals surface area contributed by atoms with Crippen LogP contribution in [-0.4, -0.2) is 30.3 Å². The van der Waals surface area contributed by atoms with Crippen LogP contribution in [-0.2, 0) is 0 Å². The van der Waals surface area contributed by atoms with E-state index >= 15 is 0 Å². The molecule has 1 nitrogen and oxygen atoms in total. The van der Waals surface area contributed by atoms with Crippen molar-refractivity contribution in [1.82, 2.24) is 4.90 Å². The topological polar surface area (TPSA) is 3.24 Å². The second-order valence-electron chi connectivity index (χ2n) is 4.64. The van der Waals surface area contributed by atoms with Crippen LogP contribution < -0.4 is 0 Å². The van der Waals surface area contributed by atoms with Gasteiger partial charge in [-0.15, -0.1) is 11.8 Å². The Morgan fingerprint density at radius 3 is 2.41 bits per heavy atom. The summed E-state index contributed by atoms with van der Waals surface area (Å²) in [6.07, 6.45) is 4.49. The zero-order valence-corrected chi connectivity index (χ0v) is 13.4. The molecule has 0 rings (SSSR count). The fourth-order valence-electron chi connectivity index (χ4n) is 1.58. The lowest BCUT2D eigenvalue weighted by Crippen LogP contribution is -2.33. The predicted octanol–water partition coefficient (Wildman–Crippen LogP) is 4.89. The summed E-state index contributed by atoms with van der Waals surface area (Å²) >= 11 is 7.91. The highest BCUT2D eigenvalue weighted by Crippen LogP contribution is 2.26. The summed E-state index contributed by atoms with van der Waals surface area (Å²) in [5.74, 6) is 0. The molecule has 0 unspecified atom stereocenters. The van der Waals surface area contributed by atoms with E-state index in [9.17, 15) is 0 Å². The van der Waals surface area contributed by atoms with E-state index in [1.54, 1.807) is 11.8 Å². The SMILES string of the molecule is C=C(SC)/C(Cl)=C(\C)CN(CCCC)C(C)C. The van der Waals surface area contributed by atoms with E-state index in [4.69, 9.17) is 11.6 Å². The molecule has 0 bridgehead atoms. The van der Waals surface area contributed by atoms with E-state index in [1.807, 2.05) is 6.26 Å². The zero-order valence-electron chi connectivity index (χ0n) is 11.8. The Hall–Kier alpha value is 0.0800. The van der Waals surface area contributed by atoms with Gasteiger partial charge in [-0.3, -0.25) is 4.90 Å². The van der Waals surface area contributed by atoms with Gasteiger partial charge in [0, 0.05) is 17.5 Å². The molecule has 0 aliphatic heterocycles. The minimum atomic E-state index is 0.559. The van der Waals surface area contributed by atoms with Crippen LogP contribution in [0.2, 0.25) is 0 Å². The Labute approximate surface area is 116 Å². The number of hydrogen-bond acceptors (Lipinski definition) is 2. The number of hydrogen-bond donors (Lipinski definition) is 0. The van der Waals surface area contributed by atoms with Crippen molar-refractivity contribution in [3.05, 3.63) is 22.1 Å². The summed E-state index contributed by atoms with van der Waals surface area (Å²) in [6, 6.07) is 0.559. The second kappa shape index (κ2) is 9.07. The van der Waals surface area contributed by atoms with Crippen LogP contribution in [0.15, 0.2) is 22.1 Å². The van der Waals surface area contributed by atoms with Gasteiger partial charge in [0.15, 0.2) is 0 Å². The van der Waals surface area contributed by atoms with Crippen molar-refractivity contribution in [2.24, 2.45) is 0 Å². The van der Waals surface area contributed by atoms with Gasteiger partial charge in [-0.05, 0) is 45.6 Å². The van der Waals surface area contributed by atoms with Crippen LogP contribution in [0.25, 0.3) is 0 Å². The summed E-state index contributed by atoms with van der Waals surface area (Å²) in [4.78, 5) is 3.43. The second-order valence-corrected chi connectivity index (χ2v) is 5.92. The van der Waals surface area contributed by atoms with Crippen LogP contribution in [0.4, 0.5) is 0 Å². The monoisotopic (exact) mass is 275 g/mol. The molecule has 0 fully saturated rings. The maximum atomic E-state index is 6.30. The number of nitrogens with zero attached hydrogens (tertiary/aromatic N) is 1. The lowest BCUT2D eigenvalue weighted by Gasteiger charge is -2.27. The highest BCUT2D eigenvalue weighted by atomic mass is 35.5. The standard InChI is InChI=1S/C14H26ClNS/c1-7-8-9-16(11(2)3)10-12(4)14(15)13(5)17-6/h11H,5,7-10H2,1-4,6H3/b14-12-. The molecule has 0 aliphatic rings. The molecule has 0 radical (unpaired) electrons. The molecule has 0 atom stereocenters. The highest BCUT2D eigenvalue weighted by Gasteiger charge is 2.12. The molecule has 0 saturated carbocycles. The quantitative estimate of drug-likeness (QED) is 0.581. The Bertz CT molecular complexity index is 271. The summed E-state index contributed by atoms with van der Waals surface area (Å²) < 4.78 is 0. The van der Waals surface area contributed by atoms with Crippen molar-refractivity contribution in [2.75, 3.05) is 19.3 Å². The van der Waals surface area contributed by atoms with Crippen molar-refractivity contribution in [2.45, 2.75) is 46.6 Å².